The normalized spacial score (nSPS) is 19.1. The zero-order valence-corrected chi connectivity index (χ0v) is 12.7. The summed E-state index contributed by atoms with van der Waals surface area (Å²) in [6.45, 7) is 4.44. The number of imide groups is 1. The second-order valence-electron chi connectivity index (χ2n) is 4.74. The van der Waals surface area contributed by atoms with E-state index in [0.717, 1.165) is 22.1 Å². The SMILES string of the molecule is CCCN1C(=O)CC(Nc2ccc(Br)cc2C)C1=O. The van der Waals surface area contributed by atoms with Crippen molar-refractivity contribution >= 4 is 33.4 Å². The van der Waals surface area contributed by atoms with Crippen molar-refractivity contribution in [2.45, 2.75) is 32.7 Å². The van der Waals surface area contributed by atoms with Gasteiger partial charge in [0.25, 0.3) is 5.91 Å². The summed E-state index contributed by atoms with van der Waals surface area (Å²) in [5, 5.41) is 3.17. The van der Waals surface area contributed by atoms with Gasteiger partial charge >= 0.3 is 0 Å². The van der Waals surface area contributed by atoms with Gasteiger partial charge in [-0.2, -0.15) is 0 Å². The molecular weight excluding hydrogens is 308 g/mol. The molecule has 0 aliphatic carbocycles. The van der Waals surface area contributed by atoms with Gasteiger partial charge in [-0.1, -0.05) is 22.9 Å². The van der Waals surface area contributed by atoms with Crippen molar-refractivity contribution in [3.63, 3.8) is 0 Å². The Labute approximate surface area is 121 Å². The molecular formula is C14H17BrN2O2. The summed E-state index contributed by atoms with van der Waals surface area (Å²) in [5.74, 6) is -0.201. The van der Waals surface area contributed by atoms with Crippen LogP contribution in [-0.4, -0.2) is 29.3 Å². The number of hydrogen-bond acceptors (Lipinski definition) is 3. The van der Waals surface area contributed by atoms with Gasteiger partial charge in [0.2, 0.25) is 5.91 Å². The van der Waals surface area contributed by atoms with E-state index in [0.29, 0.717) is 6.54 Å². The molecule has 1 aromatic rings. The molecule has 1 heterocycles. The summed E-state index contributed by atoms with van der Waals surface area (Å²) in [7, 11) is 0. The van der Waals surface area contributed by atoms with Gasteiger partial charge in [-0.05, 0) is 37.1 Å². The van der Waals surface area contributed by atoms with Crippen molar-refractivity contribution in [1.82, 2.24) is 4.90 Å². The molecule has 1 aromatic carbocycles. The smallest absolute Gasteiger partial charge is 0.252 e. The summed E-state index contributed by atoms with van der Waals surface area (Å²) in [5.41, 5.74) is 1.94. The lowest BCUT2D eigenvalue weighted by Crippen LogP contribution is -2.35. The molecule has 2 amide bonds. The van der Waals surface area contributed by atoms with Gasteiger partial charge in [0.15, 0.2) is 0 Å². The van der Waals surface area contributed by atoms with Crippen LogP contribution in [0.5, 0.6) is 0 Å². The van der Waals surface area contributed by atoms with Crippen molar-refractivity contribution < 1.29 is 9.59 Å². The van der Waals surface area contributed by atoms with Crippen LogP contribution in [0.3, 0.4) is 0 Å². The highest BCUT2D eigenvalue weighted by Crippen LogP contribution is 2.24. The average Bonchev–Trinajstić information content (AvgIpc) is 2.61. The minimum Gasteiger partial charge on any atom is -0.373 e. The number of halogens is 1. The van der Waals surface area contributed by atoms with Crippen LogP contribution in [0.2, 0.25) is 0 Å². The Morgan fingerprint density at radius 3 is 2.79 bits per heavy atom. The van der Waals surface area contributed by atoms with E-state index in [9.17, 15) is 9.59 Å². The third kappa shape index (κ3) is 2.97. The maximum Gasteiger partial charge on any atom is 0.252 e. The molecule has 0 radical (unpaired) electrons. The molecule has 1 aliphatic heterocycles. The van der Waals surface area contributed by atoms with Crippen molar-refractivity contribution in [1.29, 1.82) is 0 Å². The average molecular weight is 325 g/mol. The van der Waals surface area contributed by atoms with Gasteiger partial charge in [-0.15, -0.1) is 0 Å². The number of amides is 2. The zero-order chi connectivity index (χ0) is 14.0. The number of anilines is 1. The van der Waals surface area contributed by atoms with Crippen molar-refractivity contribution in [2.24, 2.45) is 0 Å². The van der Waals surface area contributed by atoms with Crippen LogP contribution in [0.15, 0.2) is 22.7 Å². The summed E-state index contributed by atoms with van der Waals surface area (Å²) >= 11 is 3.40. The Balaban J connectivity index is 2.12. The first-order chi connectivity index (χ1) is 9.02. The Bertz CT molecular complexity index is 516. The lowest BCUT2D eigenvalue weighted by atomic mass is 10.1. The first kappa shape index (κ1) is 14.1. The van der Waals surface area contributed by atoms with Gasteiger partial charge < -0.3 is 5.32 Å². The largest absolute Gasteiger partial charge is 0.373 e. The van der Waals surface area contributed by atoms with E-state index in [-0.39, 0.29) is 18.2 Å². The number of carbonyl (C=O) groups is 2. The lowest BCUT2D eigenvalue weighted by molar-refractivity contribution is -0.138. The standard InChI is InChI=1S/C14H17BrN2O2/c1-3-6-17-13(18)8-12(14(17)19)16-11-5-4-10(15)7-9(11)2/h4-5,7,12,16H,3,6,8H2,1-2H3. The van der Waals surface area contributed by atoms with Crippen molar-refractivity contribution in [2.75, 3.05) is 11.9 Å². The fraction of sp³-hybridized carbons (Fsp3) is 0.429. The number of nitrogens with zero attached hydrogens (tertiary/aromatic N) is 1. The minimum atomic E-state index is -0.432. The van der Waals surface area contributed by atoms with E-state index >= 15 is 0 Å². The second-order valence-corrected chi connectivity index (χ2v) is 5.66. The summed E-state index contributed by atoms with van der Waals surface area (Å²) in [6.07, 6.45) is 1.04. The predicted molar refractivity (Wildman–Crippen MR) is 77.9 cm³/mol. The van der Waals surface area contributed by atoms with Crippen LogP contribution in [-0.2, 0) is 9.59 Å². The topological polar surface area (TPSA) is 49.4 Å². The third-order valence-corrected chi connectivity index (χ3v) is 3.70. The van der Waals surface area contributed by atoms with Crippen LogP contribution in [0.1, 0.15) is 25.3 Å². The van der Waals surface area contributed by atoms with E-state index < -0.39 is 6.04 Å². The van der Waals surface area contributed by atoms with E-state index in [1.54, 1.807) is 0 Å². The Hall–Kier alpha value is -1.36. The number of nitrogens with one attached hydrogen (secondary N) is 1. The number of aryl methyl sites for hydroxylation is 1. The minimum absolute atomic E-state index is 0.0842. The molecule has 1 atom stereocenters. The summed E-state index contributed by atoms with van der Waals surface area (Å²) < 4.78 is 0.997. The highest BCUT2D eigenvalue weighted by atomic mass is 79.9. The molecule has 19 heavy (non-hydrogen) atoms. The third-order valence-electron chi connectivity index (χ3n) is 3.21. The van der Waals surface area contributed by atoms with Gasteiger partial charge in [0.1, 0.15) is 6.04 Å². The molecule has 1 fully saturated rings. The number of hydrogen-bond donors (Lipinski definition) is 1. The van der Waals surface area contributed by atoms with Gasteiger partial charge in [0, 0.05) is 16.7 Å². The highest BCUT2D eigenvalue weighted by Gasteiger charge is 2.37. The van der Waals surface area contributed by atoms with E-state index in [1.807, 2.05) is 32.0 Å². The predicted octanol–water partition coefficient (Wildman–Crippen LogP) is 2.71. The molecule has 4 nitrogen and oxygen atoms in total. The number of carbonyl (C=O) groups excluding carboxylic acids is 2. The fourth-order valence-corrected chi connectivity index (χ4v) is 2.71. The number of benzene rings is 1. The van der Waals surface area contributed by atoms with Crippen molar-refractivity contribution in [3.8, 4) is 0 Å². The maximum atomic E-state index is 12.1. The lowest BCUT2D eigenvalue weighted by Gasteiger charge is -2.16. The molecule has 1 unspecified atom stereocenters. The summed E-state index contributed by atoms with van der Waals surface area (Å²) in [4.78, 5) is 25.2. The van der Waals surface area contributed by atoms with Crippen LogP contribution in [0, 0.1) is 6.92 Å². The van der Waals surface area contributed by atoms with E-state index in [1.165, 1.54) is 4.90 Å². The number of likely N-dealkylation sites (tertiary alicyclic amines) is 1. The molecule has 0 spiro atoms. The highest BCUT2D eigenvalue weighted by molar-refractivity contribution is 9.10. The number of rotatable bonds is 4. The van der Waals surface area contributed by atoms with Crippen molar-refractivity contribution in [3.05, 3.63) is 28.2 Å². The maximum absolute atomic E-state index is 12.1. The molecule has 5 heteroatoms. The summed E-state index contributed by atoms with van der Waals surface area (Å²) in [6, 6.07) is 5.38. The Morgan fingerprint density at radius 1 is 1.42 bits per heavy atom. The quantitative estimate of drug-likeness (QED) is 0.866. The van der Waals surface area contributed by atoms with Crippen LogP contribution in [0.4, 0.5) is 5.69 Å². The van der Waals surface area contributed by atoms with Gasteiger partial charge in [0.05, 0.1) is 6.42 Å². The first-order valence-electron chi connectivity index (χ1n) is 6.39. The van der Waals surface area contributed by atoms with Crippen LogP contribution in [0.25, 0.3) is 0 Å². The van der Waals surface area contributed by atoms with Gasteiger partial charge in [-0.25, -0.2) is 0 Å². The first-order valence-corrected chi connectivity index (χ1v) is 7.19. The molecule has 0 bridgehead atoms. The molecule has 0 saturated carbocycles. The van der Waals surface area contributed by atoms with Crippen LogP contribution < -0.4 is 5.32 Å². The van der Waals surface area contributed by atoms with E-state index in [2.05, 4.69) is 21.2 Å². The molecule has 1 saturated heterocycles. The monoisotopic (exact) mass is 324 g/mol. The van der Waals surface area contributed by atoms with E-state index in [4.69, 9.17) is 0 Å². The Kier molecular flexibility index (Phi) is 4.24. The zero-order valence-electron chi connectivity index (χ0n) is 11.1. The molecule has 0 aromatic heterocycles. The molecule has 102 valence electrons. The molecule has 2 rings (SSSR count). The Morgan fingerprint density at radius 2 is 2.16 bits per heavy atom. The molecule has 1 N–H and O–H groups in total. The fourth-order valence-electron chi connectivity index (χ4n) is 2.23. The molecule has 1 aliphatic rings. The van der Waals surface area contributed by atoms with Gasteiger partial charge in [-0.3, -0.25) is 14.5 Å². The second kappa shape index (κ2) is 5.74. The van der Waals surface area contributed by atoms with Crippen LogP contribution >= 0.6 is 15.9 Å².